The fraction of sp³-hybridized carbons (Fsp3) is 0.111. The summed E-state index contributed by atoms with van der Waals surface area (Å²) in [5.74, 6) is 0.808. The fourth-order valence-electron chi connectivity index (χ4n) is 3.36. The molecule has 0 unspecified atom stereocenters. The van der Waals surface area contributed by atoms with Gasteiger partial charge in [-0.15, -0.1) is 0 Å². The maximum Gasteiger partial charge on any atom is 0.129 e. The van der Waals surface area contributed by atoms with Crippen molar-refractivity contribution < 1.29 is 0 Å². The highest BCUT2D eigenvalue weighted by molar-refractivity contribution is 5.67. The van der Waals surface area contributed by atoms with Gasteiger partial charge in [-0.3, -0.25) is 4.99 Å². The van der Waals surface area contributed by atoms with Crippen molar-refractivity contribution in [1.82, 2.24) is 4.98 Å². The highest BCUT2D eigenvalue weighted by Crippen LogP contribution is 2.32. The summed E-state index contributed by atoms with van der Waals surface area (Å²) in [7, 11) is 0. The van der Waals surface area contributed by atoms with Gasteiger partial charge in [0, 0.05) is 18.1 Å². The molecule has 0 saturated heterocycles. The second-order valence-corrected chi connectivity index (χ2v) is 7.07. The third-order valence-electron chi connectivity index (χ3n) is 4.88. The summed E-state index contributed by atoms with van der Waals surface area (Å²) in [6.07, 6.45) is 6.95. The third kappa shape index (κ3) is 5.56. The minimum Gasteiger partial charge on any atom is -0.340 e. The lowest BCUT2D eigenvalue weighted by Crippen LogP contribution is -2.32. The van der Waals surface area contributed by atoms with Crippen molar-refractivity contribution in [2.24, 2.45) is 4.99 Å². The third-order valence-corrected chi connectivity index (χ3v) is 4.88. The number of pyridine rings is 1. The van der Waals surface area contributed by atoms with Crippen molar-refractivity contribution >= 4 is 12.0 Å². The van der Waals surface area contributed by atoms with Gasteiger partial charge in [-0.1, -0.05) is 43.0 Å². The Morgan fingerprint density at radius 2 is 1.56 bits per heavy atom. The van der Waals surface area contributed by atoms with Crippen molar-refractivity contribution in [3.63, 3.8) is 0 Å². The monoisotopic (exact) mass is 417 g/mol. The zero-order valence-electron chi connectivity index (χ0n) is 17.9. The molecule has 0 radical (unpaired) electrons. The molecule has 0 aliphatic heterocycles. The summed E-state index contributed by atoms with van der Waals surface area (Å²) >= 11 is 0. The van der Waals surface area contributed by atoms with Crippen molar-refractivity contribution in [2.75, 3.05) is 11.4 Å². The van der Waals surface area contributed by atoms with Crippen molar-refractivity contribution in [3.8, 4) is 12.1 Å². The van der Waals surface area contributed by atoms with Gasteiger partial charge in [-0.05, 0) is 60.5 Å². The van der Waals surface area contributed by atoms with Gasteiger partial charge in [0.2, 0.25) is 0 Å². The standard InChI is InChI=1S/C27H23N5/c1-3-4-16-30-17-18-32(26-7-5-6-21(2)31-26)27(24-12-8-22(19-28)9-13-24)25-14-10-23(20-29)11-15-25/h3-17,27H,1,18H2,2H3/b16-4-,30-17?. The molecule has 0 amide bonds. The Morgan fingerprint density at radius 3 is 2.06 bits per heavy atom. The van der Waals surface area contributed by atoms with Crippen molar-refractivity contribution in [1.29, 1.82) is 10.5 Å². The molecule has 0 bridgehead atoms. The van der Waals surface area contributed by atoms with E-state index in [9.17, 15) is 10.5 Å². The molecule has 0 saturated carbocycles. The molecule has 3 aromatic rings. The number of nitrogens with zero attached hydrogens (tertiary/aromatic N) is 5. The lowest BCUT2D eigenvalue weighted by molar-refractivity contribution is 0.746. The number of hydrogen-bond donors (Lipinski definition) is 0. The van der Waals surface area contributed by atoms with E-state index in [4.69, 9.17) is 4.98 Å². The molecule has 1 heterocycles. The summed E-state index contributed by atoms with van der Waals surface area (Å²) in [5.41, 5.74) is 4.13. The molecule has 0 aliphatic rings. The Hall–Kier alpha value is -4.48. The summed E-state index contributed by atoms with van der Waals surface area (Å²) in [6.45, 7) is 6.12. The van der Waals surface area contributed by atoms with Crippen LogP contribution in [0.3, 0.4) is 0 Å². The normalized spacial score (nSPS) is 10.9. The van der Waals surface area contributed by atoms with E-state index < -0.39 is 0 Å². The van der Waals surface area contributed by atoms with E-state index in [-0.39, 0.29) is 6.04 Å². The predicted octanol–water partition coefficient (Wildman–Crippen LogP) is 5.50. The van der Waals surface area contributed by atoms with Crippen LogP contribution in [-0.4, -0.2) is 17.7 Å². The highest BCUT2D eigenvalue weighted by Gasteiger charge is 2.23. The van der Waals surface area contributed by atoms with Crippen LogP contribution >= 0.6 is 0 Å². The summed E-state index contributed by atoms with van der Waals surface area (Å²) < 4.78 is 0. The molecule has 156 valence electrons. The van der Waals surface area contributed by atoms with E-state index in [0.717, 1.165) is 22.6 Å². The number of rotatable bonds is 8. The zero-order valence-corrected chi connectivity index (χ0v) is 17.9. The number of allylic oxidation sites excluding steroid dienone is 2. The van der Waals surface area contributed by atoms with Crippen molar-refractivity contribution in [2.45, 2.75) is 13.0 Å². The van der Waals surface area contributed by atoms with Crippen molar-refractivity contribution in [3.05, 3.63) is 120 Å². The Bertz CT molecular complexity index is 1140. The van der Waals surface area contributed by atoms with Gasteiger partial charge in [-0.2, -0.15) is 10.5 Å². The minimum absolute atomic E-state index is 0.195. The molecule has 0 atom stereocenters. The number of aromatic nitrogens is 1. The molecule has 5 nitrogen and oxygen atoms in total. The average molecular weight is 418 g/mol. The van der Waals surface area contributed by atoms with E-state index in [1.165, 1.54) is 0 Å². The molecule has 0 aliphatic carbocycles. The summed E-state index contributed by atoms with van der Waals surface area (Å²) in [4.78, 5) is 11.2. The lowest BCUT2D eigenvalue weighted by Gasteiger charge is -2.33. The molecule has 0 N–H and O–H groups in total. The maximum atomic E-state index is 9.21. The number of hydrogen-bond acceptors (Lipinski definition) is 5. The fourth-order valence-corrected chi connectivity index (χ4v) is 3.36. The van der Waals surface area contributed by atoms with E-state index in [1.54, 1.807) is 18.4 Å². The minimum atomic E-state index is -0.195. The van der Waals surface area contributed by atoms with Gasteiger partial charge < -0.3 is 4.90 Å². The number of nitriles is 2. The van der Waals surface area contributed by atoms with Gasteiger partial charge in [0.05, 0.1) is 35.9 Å². The van der Waals surface area contributed by atoms with Gasteiger partial charge in [0.25, 0.3) is 0 Å². The molecule has 2 aromatic carbocycles. The van der Waals surface area contributed by atoms with Gasteiger partial charge in [0.15, 0.2) is 0 Å². The number of benzene rings is 2. The van der Waals surface area contributed by atoms with Gasteiger partial charge >= 0.3 is 0 Å². The molecule has 32 heavy (non-hydrogen) atoms. The van der Waals surface area contributed by atoms with Crippen LogP contribution in [-0.2, 0) is 0 Å². The first-order valence-corrected chi connectivity index (χ1v) is 10.2. The molecule has 1 aromatic heterocycles. The second kappa shape index (κ2) is 11.1. The Morgan fingerprint density at radius 1 is 0.969 bits per heavy atom. The molecular weight excluding hydrogens is 394 g/mol. The summed E-state index contributed by atoms with van der Waals surface area (Å²) in [5, 5.41) is 18.4. The first kappa shape index (κ1) is 22.2. The van der Waals surface area contributed by atoms with Crippen LogP contribution in [0.25, 0.3) is 0 Å². The van der Waals surface area contributed by atoms with Crippen LogP contribution in [0.5, 0.6) is 0 Å². The molecule has 5 heteroatoms. The van der Waals surface area contributed by atoms with Gasteiger partial charge in [0.1, 0.15) is 5.82 Å². The zero-order chi connectivity index (χ0) is 22.8. The first-order valence-electron chi connectivity index (χ1n) is 10.2. The SMILES string of the molecule is C=C/C=C\N=CCN(c1cccc(C)n1)C(c1ccc(C#N)cc1)c1ccc(C#N)cc1. The van der Waals surface area contributed by atoms with Crippen LogP contribution < -0.4 is 4.90 Å². The van der Waals surface area contributed by atoms with Crippen LogP contribution in [0.2, 0.25) is 0 Å². The Labute approximate surface area is 188 Å². The highest BCUT2D eigenvalue weighted by atomic mass is 15.2. The number of anilines is 1. The van der Waals surface area contributed by atoms with Crippen LogP contribution in [0.4, 0.5) is 5.82 Å². The van der Waals surface area contributed by atoms with E-state index in [0.29, 0.717) is 17.7 Å². The Balaban J connectivity index is 2.12. The van der Waals surface area contributed by atoms with Crippen LogP contribution in [0, 0.1) is 29.6 Å². The molecule has 0 spiro atoms. The van der Waals surface area contributed by atoms with Gasteiger partial charge in [-0.25, -0.2) is 4.98 Å². The first-order chi connectivity index (χ1) is 15.7. The van der Waals surface area contributed by atoms with Crippen LogP contribution in [0.1, 0.15) is 34.0 Å². The average Bonchev–Trinajstić information content (AvgIpc) is 2.83. The van der Waals surface area contributed by atoms with E-state index in [1.807, 2.05) is 79.9 Å². The number of aryl methyl sites for hydroxylation is 1. The molecule has 3 rings (SSSR count). The lowest BCUT2D eigenvalue weighted by atomic mass is 9.95. The molecule has 0 fully saturated rings. The maximum absolute atomic E-state index is 9.21. The predicted molar refractivity (Wildman–Crippen MR) is 128 cm³/mol. The summed E-state index contributed by atoms with van der Waals surface area (Å²) in [6, 6.07) is 25.1. The number of aliphatic imine (C=N–C) groups is 1. The van der Waals surface area contributed by atoms with E-state index in [2.05, 4.69) is 28.6 Å². The quantitative estimate of drug-likeness (QED) is 0.358. The second-order valence-electron chi connectivity index (χ2n) is 7.07. The largest absolute Gasteiger partial charge is 0.340 e. The molecular formula is C27H23N5. The van der Waals surface area contributed by atoms with Crippen LogP contribution in [0.15, 0.2) is 96.7 Å². The Kier molecular flexibility index (Phi) is 7.68. The smallest absolute Gasteiger partial charge is 0.129 e. The van der Waals surface area contributed by atoms with E-state index >= 15 is 0 Å². The topological polar surface area (TPSA) is 76.1 Å².